The molecule has 2 aliphatic heterocycles. The van der Waals surface area contributed by atoms with Crippen molar-refractivity contribution in [1.82, 2.24) is 0 Å². The van der Waals surface area contributed by atoms with Gasteiger partial charge in [0.15, 0.2) is 11.4 Å². The molecule has 0 aromatic heterocycles. The second-order valence-electron chi connectivity index (χ2n) is 14.8. The SMILES string of the molecule is COc1ccc(COCC[C@H](OC)[C@@H](O)[C@@H]2C(=O)O[C@]3(C4(C[C@H](C)COCc5ccc(OC)cc5)COC(C)(C)O4)[C@H]2CC3(C)C)cc1. The molecule has 2 aromatic carbocycles. The highest BCUT2D eigenvalue weighted by atomic mass is 16.8. The van der Waals surface area contributed by atoms with E-state index in [1.165, 1.54) is 0 Å². The van der Waals surface area contributed by atoms with Crippen molar-refractivity contribution in [2.24, 2.45) is 23.2 Å². The van der Waals surface area contributed by atoms with Crippen LogP contribution in [0.1, 0.15) is 65.0 Å². The van der Waals surface area contributed by atoms with Gasteiger partial charge in [0.25, 0.3) is 0 Å². The Morgan fingerprint density at radius 1 is 0.896 bits per heavy atom. The Balaban J connectivity index is 1.27. The lowest BCUT2D eigenvalue weighted by Crippen LogP contribution is -2.75. The Hall–Kier alpha value is -2.73. The van der Waals surface area contributed by atoms with Gasteiger partial charge in [0.2, 0.25) is 0 Å². The number of rotatable bonds is 17. The maximum Gasteiger partial charge on any atom is 0.312 e. The molecule has 3 aliphatic rings. The minimum atomic E-state index is -1.08. The van der Waals surface area contributed by atoms with Gasteiger partial charge in [-0.2, -0.15) is 0 Å². The van der Waals surface area contributed by atoms with E-state index in [9.17, 15) is 9.90 Å². The van der Waals surface area contributed by atoms with Crippen molar-refractivity contribution in [3.63, 3.8) is 0 Å². The van der Waals surface area contributed by atoms with Crippen LogP contribution in [0.5, 0.6) is 11.5 Å². The fourth-order valence-corrected chi connectivity index (χ4v) is 8.37. The van der Waals surface area contributed by atoms with Gasteiger partial charge < -0.3 is 43.0 Å². The van der Waals surface area contributed by atoms with Crippen LogP contribution >= 0.6 is 0 Å². The minimum absolute atomic E-state index is 0.0597. The summed E-state index contributed by atoms with van der Waals surface area (Å²) in [7, 11) is 4.84. The number of aliphatic hydroxyl groups is 1. The van der Waals surface area contributed by atoms with E-state index in [0.717, 1.165) is 22.6 Å². The predicted octanol–water partition coefficient (Wildman–Crippen LogP) is 5.71. The first-order chi connectivity index (χ1) is 22.8. The monoisotopic (exact) mass is 670 g/mol. The Kier molecular flexibility index (Phi) is 11.1. The second kappa shape index (κ2) is 14.6. The van der Waals surface area contributed by atoms with Gasteiger partial charge in [0, 0.05) is 31.7 Å². The molecule has 10 heteroatoms. The van der Waals surface area contributed by atoms with Gasteiger partial charge in [0.1, 0.15) is 17.1 Å². The maximum atomic E-state index is 13.9. The summed E-state index contributed by atoms with van der Waals surface area (Å²) >= 11 is 0. The number of carbonyl (C=O) groups excluding carboxylic acids is 1. The average molecular weight is 671 g/mol. The second-order valence-corrected chi connectivity index (χ2v) is 14.8. The van der Waals surface area contributed by atoms with E-state index < -0.39 is 46.5 Å². The number of benzene rings is 2. The molecule has 1 N–H and O–H groups in total. The Morgan fingerprint density at radius 2 is 1.48 bits per heavy atom. The lowest BCUT2D eigenvalue weighted by atomic mass is 9.44. The number of ether oxygens (including phenoxy) is 8. The van der Waals surface area contributed by atoms with Crippen LogP contribution in [0.3, 0.4) is 0 Å². The molecular formula is C38H54O10. The zero-order chi connectivity index (χ0) is 34.7. The zero-order valence-electron chi connectivity index (χ0n) is 29.8. The largest absolute Gasteiger partial charge is 0.497 e. The Morgan fingerprint density at radius 3 is 1.98 bits per heavy atom. The first-order valence-corrected chi connectivity index (χ1v) is 17.0. The van der Waals surface area contributed by atoms with Gasteiger partial charge in [-0.15, -0.1) is 0 Å². The third kappa shape index (κ3) is 7.11. The van der Waals surface area contributed by atoms with Crippen LogP contribution in [-0.2, 0) is 46.4 Å². The van der Waals surface area contributed by atoms with E-state index in [4.69, 9.17) is 37.9 Å². The van der Waals surface area contributed by atoms with Crippen LogP contribution in [0.4, 0.5) is 0 Å². The third-order valence-corrected chi connectivity index (χ3v) is 10.5. The van der Waals surface area contributed by atoms with Crippen LogP contribution in [0.25, 0.3) is 0 Å². The molecule has 3 fully saturated rings. The summed E-state index contributed by atoms with van der Waals surface area (Å²) in [5, 5.41) is 11.7. The summed E-state index contributed by atoms with van der Waals surface area (Å²) < 4.78 is 47.9. The number of methoxy groups -OCH3 is 3. The molecule has 1 saturated carbocycles. The third-order valence-electron chi connectivity index (χ3n) is 10.5. The standard InChI is InChI=1S/C38H54O10/c1-25(21-45-23-27-11-15-29(42-7)16-12-27)19-37(24-46-36(4,5)48-37)38-30(20-35(38,2)3)32(34(40)47-38)33(39)31(43-8)17-18-44-22-26-9-13-28(41-6)14-10-26/h9-16,25,30-33,39H,17-24H2,1-8H3/t25-,30-,31-,32+,33+,37?,38+/m0/s1. The van der Waals surface area contributed by atoms with Crippen molar-refractivity contribution in [1.29, 1.82) is 0 Å². The van der Waals surface area contributed by atoms with Gasteiger partial charge in [-0.05, 0) is 74.4 Å². The summed E-state index contributed by atoms with van der Waals surface area (Å²) in [6.07, 6.45) is -0.0222. The lowest BCUT2D eigenvalue weighted by Gasteiger charge is -2.64. The van der Waals surface area contributed by atoms with Gasteiger partial charge in [-0.1, -0.05) is 45.0 Å². The van der Waals surface area contributed by atoms with Crippen molar-refractivity contribution in [2.45, 2.75) is 96.3 Å². The number of carbonyl (C=O) groups is 1. The summed E-state index contributed by atoms with van der Waals surface area (Å²) in [6, 6.07) is 15.5. The molecule has 7 atom stereocenters. The highest BCUT2D eigenvalue weighted by Crippen LogP contribution is 2.70. The highest BCUT2D eigenvalue weighted by Gasteiger charge is 2.81. The van der Waals surface area contributed by atoms with Gasteiger partial charge >= 0.3 is 5.97 Å². The van der Waals surface area contributed by atoms with E-state index in [1.807, 2.05) is 62.4 Å². The minimum Gasteiger partial charge on any atom is -0.497 e. The first-order valence-electron chi connectivity index (χ1n) is 17.0. The first kappa shape index (κ1) is 36.5. The van der Waals surface area contributed by atoms with Crippen LogP contribution in [0.2, 0.25) is 0 Å². The van der Waals surface area contributed by atoms with E-state index >= 15 is 0 Å². The van der Waals surface area contributed by atoms with Gasteiger partial charge in [0.05, 0.1) is 52.2 Å². The summed E-state index contributed by atoms with van der Waals surface area (Å²) in [5.74, 6) is -0.689. The molecule has 5 rings (SSSR count). The van der Waals surface area contributed by atoms with E-state index in [2.05, 4.69) is 20.8 Å². The van der Waals surface area contributed by atoms with E-state index in [-0.39, 0.29) is 18.4 Å². The van der Waals surface area contributed by atoms with Crippen molar-refractivity contribution in [3.05, 3.63) is 59.7 Å². The van der Waals surface area contributed by atoms with Crippen molar-refractivity contribution in [3.8, 4) is 11.5 Å². The molecule has 2 aromatic rings. The molecule has 2 saturated heterocycles. The molecule has 2 heterocycles. The number of hydrogen-bond donors (Lipinski definition) is 1. The average Bonchev–Trinajstić information content (AvgIpc) is 3.51. The van der Waals surface area contributed by atoms with Gasteiger partial charge in [-0.3, -0.25) is 4.79 Å². The van der Waals surface area contributed by atoms with Crippen molar-refractivity contribution < 1.29 is 47.8 Å². The summed E-state index contributed by atoms with van der Waals surface area (Å²) in [5.41, 5.74) is -0.277. The molecule has 48 heavy (non-hydrogen) atoms. The molecule has 0 radical (unpaired) electrons. The van der Waals surface area contributed by atoms with Crippen molar-refractivity contribution in [2.75, 3.05) is 41.2 Å². The molecule has 266 valence electrons. The molecule has 0 bridgehead atoms. The molecule has 0 spiro atoms. The number of aliphatic hydroxyl groups excluding tert-OH is 1. The van der Waals surface area contributed by atoms with E-state index in [0.29, 0.717) is 45.7 Å². The zero-order valence-corrected chi connectivity index (χ0v) is 29.8. The molecule has 1 aliphatic carbocycles. The number of hydrogen-bond acceptors (Lipinski definition) is 10. The van der Waals surface area contributed by atoms with Crippen LogP contribution in [0.15, 0.2) is 48.5 Å². The van der Waals surface area contributed by atoms with E-state index in [1.54, 1.807) is 21.3 Å². The van der Waals surface area contributed by atoms with Crippen molar-refractivity contribution >= 4 is 5.97 Å². The summed E-state index contributed by atoms with van der Waals surface area (Å²) in [6.45, 7) is 12.1. The summed E-state index contributed by atoms with van der Waals surface area (Å²) in [4.78, 5) is 13.9. The Labute approximate surface area is 285 Å². The highest BCUT2D eigenvalue weighted by molar-refractivity contribution is 5.78. The molecular weight excluding hydrogens is 616 g/mol. The Bertz CT molecular complexity index is 1360. The van der Waals surface area contributed by atoms with Gasteiger partial charge in [-0.25, -0.2) is 0 Å². The number of esters is 1. The quantitative estimate of drug-likeness (QED) is 0.166. The smallest absolute Gasteiger partial charge is 0.312 e. The molecule has 1 unspecified atom stereocenters. The molecule has 10 nitrogen and oxygen atoms in total. The fourth-order valence-electron chi connectivity index (χ4n) is 8.37. The molecule has 0 amide bonds. The predicted molar refractivity (Wildman–Crippen MR) is 179 cm³/mol. The van der Waals surface area contributed by atoms with Crippen LogP contribution in [0, 0.1) is 23.2 Å². The fraction of sp³-hybridized carbons (Fsp3) is 0.658. The maximum absolute atomic E-state index is 13.9. The lowest BCUT2D eigenvalue weighted by molar-refractivity contribution is -0.302. The topological polar surface area (TPSA) is 111 Å². The number of fused-ring (bicyclic) bond motifs is 1. The van der Waals surface area contributed by atoms with Crippen LogP contribution < -0.4 is 9.47 Å². The normalized spacial score (nSPS) is 29.0. The van der Waals surface area contributed by atoms with Crippen LogP contribution in [-0.4, -0.2) is 81.4 Å².